The molecule has 0 bridgehead atoms. The Balaban J connectivity index is 1.42. The van der Waals surface area contributed by atoms with Gasteiger partial charge in [-0.15, -0.1) is 0 Å². The number of hydrogen-bond acceptors (Lipinski definition) is 4. The number of carbonyl (C=O) groups is 1. The van der Waals surface area contributed by atoms with Gasteiger partial charge in [-0.3, -0.25) is 4.79 Å². The summed E-state index contributed by atoms with van der Waals surface area (Å²) >= 11 is 19.4. The molecule has 0 unspecified atom stereocenters. The molecule has 1 amide bonds. The van der Waals surface area contributed by atoms with Crippen molar-refractivity contribution in [2.75, 3.05) is 0 Å². The second kappa shape index (κ2) is 10.0. The first-order chi connectivity index (χ1) is 15.4. The van der Waals surface area contributed by atoms with E-state index in [2.05, 4.69) is 10.3 Å². The highest BCUT2D eigenvalue weighted by Crippen LogP contribution is 2.31. The number of ether oxygens (including phenoxy) is 1. The van der Waals surface area contributed by atoms with Gasteiger partial charge in [-0.1, -0.05) is 59.1 Å². The molecule has 1 aliphatic rings. The maximum Gasteiger partial charge on any atom is 0.264 e. The standard InChI is InChI=1S/C24H17Cl3N2O2S/c1-14-18(25)3-2-4-21(14)28-24-29-23(30)22(32-24)12-15-5-8-17(9-6-15)31-13-16-7-10-19(26)20(27)11-16/h2-12H,13H2,1H3,(H,28,29,30)/b22-12+. The molecule has 0 spiro atoms. The first-order valence-electron chi connectivity index (χ1n) is 9.60. The van der Waals surface area contributed by atoms with E-state index in [1.807, 2.05) is 61.5 Å². The first kappa shape index (κ1) is 22.7. The molecule has 162 valence electrons. The summed E-state index contributed by atoms with van der Waals surface area (Å²) in [6.07, 6.45) is 1.82. The van der Waals surface area contributed by atoms with Gasteiger partial charge in [0.15, 0.2) is 5.17 Å². The molecule has 3 aromatic carbocycles. The smallest absolute Gasteiger partial charge is 0.264 e. The van der Waals surface area contributed by atoms with Gasteiger partial charge in [-0.2, -0.15) is 0 Å². The zero-order valence-electron chi connectivity index (χ0n) is 16.9. The normalized spacial score (nSPS) is 15.9. The minimum atomic E-state index is -0.187. The van der Waals surface area contributed by atoms with Crippen molar-refractivity contribution in [3.63, 3.8) is 0 Å². The first-order valence-corrected chi connectivity index (χ1v) is 11.6. The summed E-state index contributed by atoms with van der Waals surface area (Å²) in [6.45, 7) is 2.27. The second-order valence-corrected chi connectivity index (χ2v) is 9.22. The van der Waals surface area contributed by atoms with Crippen LogP contribution in [0.3, 0.4) is 0 Å². The van der Waals surface area contributed by atoms with Crippen molar-refractivity contribution in [1.82, 2.24) is 5.32 Å². The lowest BCUT2D eigenvalue weighted by molar-refractivity contribution is -0.115. The Kier molecular flexibility index (Phi) is 7.11. The van der Waals surface area contributed by atoms with E-state index in [1.165, 1.54) is 11.8 Å². The largest absolute Gasteiger partial charge is 0.489 e. The van der Waals surface area contributed by atoms with Gasteiger partial charge in [0.05, 0.1) is 20.6 Å². The number of hydrogen-bond donors (Lipinski definition) is 1. The third-order valence-electron chi connectivity index (χ3n) is 4.68. The maximum atomic E-state index is 12.4. The number of rotatable bonds is 5. The van der Waals surface area contributed by atoms with Crippen LogP contribution in [0.2, 0.25) is 15.1 Å². The quantitative estimate of drug-likeness (QED) is 0.368. The highest BCUT2D eigenvalue weighted by molar-refractivity contribution is 8.18. The van der Waals surface area contributed by atoms with E-state index < -0.39 is 0 Å². The summed E-state index contributed by atoms with van der Waals surface area (Å²) < 4.78 is 5.80. The fourth-order valence-electron chi connectivity index (χ4n) is 2.91. The molecule has 0 saturated carbocycles. The number of carbonyl (C=O) groups excluding carboxylic acids is 1. The van der Waals surface area contributed by atoms with Crippen LogP contribution < -0.4 is 10.1 Å². The van der Waals surface area contributed by atoms with Crippen LogP contribution in [0.5, 0.6) is 5.75 Å². The average Bonchev–Trinajstić information content (AvgIpc) is 3.12. The van der Waals surface area contributed by atoms with Crippen LogP contribution in [-0.2, 0) is 11.4 Å². The van der Waals surface area contributed by atoms with Gasteiger partial charge in [0.1, 0.15) is 12.4 Å². The molecule has 1 fully saturated rings. The highest BCUT2D eigenvalue weighted by Gasteiger charge is 2.24. The third-order valence-corrected chi connectivity index (χ3v) is 6.74. The summed E-state index contributed by atoms with van der Waals surface area (Å²) in [4.78, 5) is 17.4. The zero-order chi connectivity index (χ0) is 22.7. The van der Waals surface area contributed by atoms with Crippen LogP contribution in [0, 0.1) is 6.92 Å². The molecule has 4 nitrogen and oxygen atoms in total. The molecule has 1 saturated heterocycles. The van der Waals surface area contributed by atoms with E-state index in [9.17, 15) is 4.79 Å². The second-order valence-electron chi connectivity index (χ2n) is 6.97. The summed E-state index contributed by atoms with van der Waals surface area (Å²) in [5, 5.41) is 4.96. The van der Waals surface area contributed by atoms with Crippen LogP contribution in [0.15, 0.2) is 70.6 Å². The zero-order valence-corrected chi connectivity index (χ0v) is 19.9. The predicted octanol–water partition coefficient (Wildman–Crippen LogP) is 7.43. The number of nitrogens with zero attached hydrogens (tertiary/aromatic N) is 1. The van der Waals surface area contributed by atoms with Crippen molar-refractivity contribution in [3.05, 3.63) is 97.3 Å². The summed E-state index contributed by atoms with van der Waals surface area (Å²) in [5.41, 5.74) is 3.39. The Morgan fingerprint density at radius 3 is 2.53 bits per heavy atom. The molecular formula is C24H17Cl3N2O2S. The van der Waals surface area contributed by atoms with E-state index in [4.69, 9.17) is 39.5 Å². The number of amides is 1. The van der Waals surface area contributed by atoms with E-state index in [0.717, 1.165) is 22.4 Å². The summed E-state index contributed by atoms with van der Waals surface area (Å²) in [5.74, 6) is 0.522. The number of aliphatic imine (C=N–C) groups is 1. The van der Waals surface area contributed by atoms with Crippen molar-refractivity contribution >= 4 is 69.4 Å². The lowest BCUT2D eigenvalue weighted by atomic mass is 10.2. The van der Waals surface area contributed by atoms with E-state index in [-0.39, 0.29) is 5.91 Å². The molecular weight excluding hydrogens is 487 g/mol. The fourth-order valence-corrected chi connectivity index (χ4v) is 4.24. The predicted molar refractivity (Wildman–Crippen MR) is 134 cm³/mol. The van der Waals surface area contributed by atoms with Crippen molar-refractivity contribution in [3.8, 4) is 5.75 Å². The fraction of sp³-hybridized carbons (Fsp3) is 0.0833. The highest BCUT2D eigenvalue weighted by atomic mass is 35.5. The minimum absolute atomic E-state index is 0.187. The van der Waals surface area contributed by atoms with Crippen molar-refractivity contribution in [1.29, 1.82) is 0 Å². The molecule has 0 aromatic heterocycles. The molecule has 0 aliphatic carbocycles. The molecule has 8 heteroatoms. The Labute approximate surface area is 205 Å². The Morgan fingerprint density at radius 1 is 1.00 bits per heavy atom. The van der Waals surface area contributed by atoms with Crippen molar-refractivity contribution < 1.29 is 9.53 Å². The molecule has 1 aliphatic heterocycles. The lowest BCUT2D eigenvalue weighted by Gasteiger charge is -2.07. The van der Waals surface area contributed by atoms with Crippen LogP contribution in [0.1, 0.15) is 16.7 Å². The summed E-state index contributed by atoms with van der Waals surface area (Å²) in [7, 11) is 0. The van der Waals surface area contributed by atoms with Crippen LogP contribution in [0.25, 0.3) is 6.08 Å². The Morgan fingerprint density at radius 2 is 1.78 bits per heavy atom. The number of nitrogens with one attached hydrogen (secondary N) is 1. The lowest BCUT2D eigenvalue weighted by Crippen LogP contribution is -2.19. The van der Waals surface area contributed by atoms with E-state index >= 15 is 0 Å². The monoisotopic (exact) mass is 502 g/mol. The molecule has 3 aromatic rings. The maximum absolute atomic E-state index is 12.4. The topological polar surface area (TPSA) is 50.7 Å². The Hall–Kier alpha value is -2.44. The van der Waals surface area contributed by atoms with Crippen LogP contribution in [-0.4, -0.2) is 11.1 Å². The van der Waals surface area contributed by atoms with Crippen molar-refractivity contribution in [2.45, 2.75) is 13.5 Å². The van der Waals surface area contributed by atoms with Gasteiger partial charge in [0, 0.05) is 5.02 Å². The van der Waals surface area contributed by atoms with Gasteiger partial charge in [0.2, 0.25) is 0 Å². The van der Waals surface area contributed by atoms with Gasteiger partial charge < -0.3 is 10.1 Å². The molecule has 0 radical (unpaired) electrons. The Bertz CT molecular complexity index is 1240. The molecule has 4 rings (SSSR count). The molecule has 1 heterocycles. The average molecular weight is 504 g/mol. The van der Waals surface area contributed by atoms with E-state index in [1.54, 1.807) is 12.1 Å². The van der Waals surface area contributed by atoms with Crippen LogP contribution in [0.4, 0.5) is 5.69 Å². The summed E-state index contributed by atoms with van der Waals surface area (Å²) in [6, 6.07) is 18.4. The number of thioether (sulfide) groups is 1. The molecule has 32 heavy (non-hydrogen) atoms. The SMILES string of the molecule is Cc1c(Cl)cccc1N=C1NC(=O)/C(=C\c2ccc(OCc3ccc(Cl)c(Cl)c3)cc2)S1. The van der Waals surface area contributed by atoms with Gasteiger partial charge in [-0.25, -0.2) is 4.99 Å². The van der Waals surface area contributed by atoms with Crippen molar-refractivity contribution in [2.24, 2.45) is 4.99 Å². The van der Waals surface area contributed by atoms with Gasteiger partial charge >= 0.3 is 0 Å². The van der Waals surface area contributed by atoms with Gasteiger partial charge in [0.25, 0.3) is 5.91 Å². The third kappa shape index (κ3) is 5.48. The minimum Gasteiger partial charge on any atom is -0.489 e. The molecule has 1 N–H and O–H groups in total. The van der Waals surface area contributed by atoms with E-state index in [0.29, 0.717) is 37.5 Å². The number of amidine groups is 1. The number of benzene rings is 3. The number of halogens is 3. The van der Waals surface area contributed by atoms with Crippen LogP contribution >= 0.6 is 46.6 Å². The molecule has 0 atom stereocenters. The van der Waals surface area contributed by atoms with Gasteiger partial charge in [-0.05, 0) is 77.9 Å².